The predicted octanol–water partition coefficient (Wildman–Crippen LogP) is -0.398. The average molecular weight is 246 g/mol. The standard InChI is InChI=1S/C12H22O5/c13-9-11(15)5-1-3-7-17-8-4-2-6-12(16)10-14/h1-4,11-16H,5-10H2. The lowest BCUT2D eigenvalue weighted by Crippen LogP contribution is -2.10. The molecule has 0 radical (unpaired) electrons. The first kappa shape index (κ1) is 16.3. The van der Waals surface area contributed by atoms with Crippen molar-refractivity contribution >= 4 is 0 Å². The minimum Gasteiger partial charge on any atom is -0.394 e. The highest BCUT2D eigenvalue weighted by Crippen LogP contribution is 1.93. The zero-order chi connectivity index (χ0) is 12.9. The van der Waals surface area contributed by atoms with Gasteiger partial charge in [-0.2, -0.15) is 0 Å². The summed E-state index contributed by atoms with van der Waals surface area (Å²) >= 11 is 0. The molecule has 0 amide bonds. The monoisotopic (exact) mass is 246 g/mol. The van der Waals surface area contributed by atoms with E-state index in [0.717, 1.165) is 0 Å². The van der Waals surface area contributed by atoms with Gasteiger partial charge in [-0.3, -0.25) is 0 Å². The van der Waals surface area contributed by atoms with Crippen LogP contribution in [0.4, 0.5) is 0 Å². The maximum Gasteiger partial charge on any atom is 0.0805 e. The van der Waals surface area contributed by atoms with Gasteiger partial charge in [-0.1, -0.05) is 24.3 Å². The summed E-state index contributed by atoms with van der Waals surface area (Å²) in [7, 11) is 0. The van der Waals surface area contributed by atoms with E-state index in [2.05, 4.69) is 0 Å². The quantitative estimate of drug-likeness (QED) is 0.311. The average Bonchev–Trinajstić information content (AvgIpc) is 2.35. The molecule has 0 fully saturated rings. The van der Waals surface area contributed by atoms with Gasteiger partial charge in [-0.05, 0) is 12.8 Å². The van der Waals surface area contributed by atoms with Gasteiger partial charge in [0.05, 0.1) is 38.6 Å². The van der Waals surface area contributed by atoms with Crippen LogP contribution < -0.4 is 0 Å². The molecule has 0 aliphatic carbocycles. The number of rotatable bonds is 10. The molecule has 2 unspecified atom stereocenters. The van der Waals surface area contributed by atoms with Gasteiger partial charge >= 0.3 is 0 Å². The highest BCUT2D eigenvalue weighted by molar-refractivity contribution is 4.86. The van der Waals surface area contributed by atoms with Crippen LogP contribution in [-0.2, 0) is 4.74 Å². The topological polar surface area (TPSA) is 90.2 Å². The molecule has 0 aliphatic heterocycles. The summed E-state index contributed by atoms with van der Waals surface area (Å²) in [5, 5.41) is 35.1. The van der Waals surface area contributed by atoms with Crippen molar-refractivity contribution in [2.24, 2.45) is 0 Å². The molecule has 0 aromatic carbocycles. The largest absolute Gasteiger partial charge is 0.394 e. The number of hydrogen-bond donors (Lipinski definition) is 4. The Morgan fingerprint density at radius 2 is 1.18 bits per heavy atom. The molecular formula is C12H22O5. The Kier molecular flexibility index (Phi) is 11.3. The Balaban J connectivity index is 3.34. The maximum atomic E-state index is 9.01. The molecule has 4 N–H and O–H groups in total. The Morgan fingerprint density at radius 1 is 0.765 bits per heavy atom. The number of aliphatic hydroxyl groups is 4. The summed E-state index contributed by atoms with van der Waals surface area (Å²) in [4.78, 5) is 0. The minimum absolute atomic E-state index is 0.235. The fourth-order valence-electron chi connectivity index (χ4n) is 0.996. The number of hydrogen-bond acceptors (Lipinski definition) is 5. The van der Waals surface area contributed by atoms with E-state index in [0.29, 0.717) is 26.1 Å². The maximum absolute atomic E-state index is 9.01. The molecule has 100 valence electrons. The van der Waals surface area contributed by atoms with Gasteiger partial charge in [-0.25, -0.2) is 0 Å². The third-order valence-corrected chi connectivity index (χ3v) is 2.00. The van der Waals surface area contributed by atoms with Crippen LogP contribution in [0.3, 0.4) is 0 Å². The zero-order valence-electron chi connectivity index (χ0n) is 9.90. The van der Waals surface area contributed by atoms with Crippen LogP contribution in [0.25, 0.3) is 0 Å². The predicted molar refractivity (Wildman–Crippen MR) is 64.5 cm³/mol. The minimum atomic E-state index is -0.703. The second kappa shape index (κ2) is 11.8. The summed E-state index contributed by atoms with van der Waals surface area (Å²) in [5.41, 5.74) is 0. The van der Waals surface area contributed by atoms with E-state index in [-0.39, 0.29) is 13.2 Å². The second-order valence-electron chi connectivity index (χ2n) is 3.62. The van der Waals surface area contributed by atoms with E-state index >= 15 is 0 Å². The van der Waals surface area contributed by atoms with Gasteiger partial charge in [0.2, 0.25) is 0 Å². The van der Waals surface area contributed by atoms with Crippen LogP contribution in [0, 0.1) is 0 Å². The Labute approximate surface area is 102 Å². The molecule has 0 saturated carbocycles. The lowest BCUT2D eigenvalue weighted by Gasteiger charge is -2.02. The van der Waals surface area contributed by atoms with Crippen LogP contribution in [0.2, 0.25) is 0 Å². The SMILES string of the molecule is OCC(O)CC=CCOCC=CCC(O)CO. The van der Waals surface area contributed by atoms with E-state index in [1.54, 1.807) is 24.3 Å². The summed E-state index contributed by atoms with van der Waals surface area (Å²) in [6, 6.07) is 0. The van der Waals surface area contributed by atoms with Crippen LogP contribution in [-0.4, -0.2) is 59.1 Å². The normalized spacial score (nSPS) is 15.8. The summed E-state index contributed by atoms with van der Waals surface area (Å²) in [6.07, 6.45) is 6.47. The highest BCUT2D eigenvalue weighted by atomic mass is 16.5. The molecule has 0 heterocycles. The Morgan fingerprint density at radius 3 is 1.53 bits per heavy atom. The first-order valence-corrected chi connectivity index (χ1v) is 5.66. The number of aliphatic hydroxyl groups excluding tert-OH is 4. The van der Waals surface area contributed by atoms with Crippen molar-refractivity contribution in [1.82, 2.24) is 0 Å². The summed E-state index contributed by atoms with van der Waals surface area (Å²) < 4.78 is 5.20. The van der Waals surface area contributed by atoms with Crippen molar-refractivity contribution in [1.29, 1.82) is 0 Å². The van der Waals surface area contributed by atoms with E-state index in [9.17, 15) is 0 Å². The Bertz CT molecular complexity index is 193. The van der Waals surface area contributed by atoms with Crippen LogP contribution >= 0.6 is 0 Å². The van der Waals surface area contributed by atoms with Gasteiger partial charge < -0.3 is 25.2 Å². The molecule has 0 bridgehead atoms. The third-order valence-electron chi connectivity index (χ3n) is 2.00. The fraction of sp³-hybridized carbons (Fsp3) is 0.667. The van der Waals surface area contributed by atoms with Crippen molar-refractivity contribution in [3.63, 3.8) is 0 Å². The molecule has 0 spiro atoms. The van der Waals surface area contributed by atoms with Crippen LogP contribution in [0.15, 0.2) is 24.3 Å². The molecule has 0 aromatic rings. The molecule has 0 saturated heterocycles. The summed E-state index contributed by atoms with van der Waals surface area (Å²) in [5.74, 6) is 0. The molecule has 0 rings (SSSR count). The zero-order valence-corrected chi connectivity index (χ0v) is 9.90. The van der Waals surface area contributed by atoms with Gasteiger partial charge in [0, 0.05) is 0 Å². The Hall–Kier alpha value is -0.720. The van der Waals surface area contributed by atoms with Crippen molar-refractivity contribution in [3.05, 3.63) is 24.3 Å². The molecular weight excluding hydrogens is 224 g/mol. The first-order valence-electron chi connectivity index (χ1n) is 5.66. The first-order chi connectivity index (χ1) is 8.20. The van der Waals surface area contributed by atoms with Crippen LogP contribution in [0.1, 0.15) is 12.8 Å². The lowest BCUT2D eigenvalue weighted by molar-refractivity contribution is 0.0971. The van der Waals surface area contributed by atoms with Crippen molar-refractivity contribution < 1.29 is 25.2 Å². The van der Waals surface area contributed by atoms with E-state index in [1.807, 2.05) is 0 Å². The lowest BCUT2D eigenvalue weighted by atomic mass is 10.2. The van der Waals surface area contributed by atoms with Gasteiger partial charge in [0.1, 0.15) is 0 Å². The second-order valence-corrected chi connectivity index (χ2v) is 3.62. The molecule has 17 heavy (non-hydrogen) atoms. The highest BCUT2D eigenvalue weighted by Gasteiger charge is 1.96. The molecule has 0 aromatic heterocycles. The van der Waals surface area contributed by atoms with Crippen molar-refractivity contribution in [2.75, 3.05) is 26.4 Å². The molecule has 5 heteroatoms. The van der Waals surface area contributed by atoms with Gasteiger partial charge in [-0.15, -0.1) is 0 Å². The van der Waals surface area contributed by atoms with Crippen molar-refractivity contribution in [3.8, 4) is 0 Å². The van der Waals surface area contributed by atoms with E-state index in [4.69, 9.17) is 25.2 Å². The number of ether oxygens (including phenoxy) is 1. The van der Waals surface area contributed by atoms with Gasteiger partial charge in [0.15, 0.2) is 0 Å². The fourth-order valence-corrected chi connectivity index (χ4v) is 0.996. The summed E-state index contributed by atoms with van der Waals surface area (Å²) in [6.45, 7) is 0.401. The molecule has 5 nitrogen and oxygen atoms in total. The molecule has 0 aliphatic rings. The van der Waals surface area contributed by atoms with Gasteiger partial charge in [0.25, 0.3) is 0 Å². The van der Waals surface area contributed by atoms with E-state index in [1.165, 1.54) is 0 Å². The molecule has 2 atom stereocenters. The van der Waals surface area contributed by atoms with E-state index < -0.39 is 12.2 Å². The van der Waals surface area contributed by atoms with Crippen molar-refractivity contribution in [2.45, 2.75) is 25.0 Å². The smallest absolute Gasteiger partial charge is 0.0805 e. The van der Waals surface area contributed by atoms with Crippen LogP contribution in [0.5, 0.6) is 0 Å². The third kappa shape index (κ3) is 11.5.